The van der Waals surface area contributed by atoms with Crippen LogP contribution < -0.4 is 0 Å². The van der Waals surface area contributed by atoms with Gasteiger partial charge in [-0.1, -0.05) is 12.2 Å². The molecule has 6 nitrogen and oxygen atoms in total. The molecule has 0 amide bonds. The van der Waals surface area contributed by atoms with Gasteiger partial charge in [-0.2, -0.15) is 0 Å². The first-order chi connectivity index (χ1) is 7.65. The Balaban J connectivity index is 2.25. The predicted octanol–water partition coefficient (Wildman–Crippen LogP) is -0.216. The van der Waals surface area contributed by atoms with Crippen LogP contribution in [0, 0.1) is 0 Å². The van der Waals surface area contributed by atoms with E-state index in [0.717, 1.165) is 30.1 Å². The SMILES string of the molecule is CN(CCO)C(=S)CCCc1nnnn1C. The van der Waals surface area contributed by atoms with Crippen molar-refractivity contribution in [3.63, 3.8) is 0 Å². The smallest absolute Gasteiger partial charge is 0.150 e. The molecular weight excluding hydrogens is 226 g/mol. The van der Waals surface area contributed by atoms with E-state index in [0.29, 0.717) is 6.54 Å². The zero-order valence-electron chi connectivity index (χ0n) is 9.63. The lowest BCUT2D eigenvalue weighted by Gasteiger charge is -2.18. The second-order valence-corrected chi connectivity index (χ2v) is 4.08. The number of nitrogens with zero attached hydrogens (tertiary/aromatic N) is 5. The van der Waals surface area contributed by atoms with Crippen LogP contribution >= 0.6 is 12.2 Å². The van der Waals surface area contributed by atoms with Crippen molar-refractivity contribution in [1.82, 2.24) is 25.1 Å². The normalized spacial score (nSPS) is 10.4. The first kappa shape index (κ1) is 13.0. The molecule has 0 fully saturated rings. The predicted molar refractivity (Wildman–Crippen MR) is 64.0 cm³/mol. The molecule has 0 saturated heterocycles. The minimum atomic E-state index is 0.129. The molecule has 16 heavy (non-hydrogen) atoms. The summed E-state index contributed by atoms with van der Waals surface area (Å²) in [7, 11) is 3.72. The molecule has 1 N–H and O–H groups in total. The van der Waals surface area contributed by atoms with Gasteiger partial charge < -0.3 is 10.0 Å². The van der Waals surface area contributed by atoms with Crippen molar-refractivity contribution in [2.45, 2.75) is 19.3 Å². The summed E-state index contributed by atoms with van der Waals surface area (Å²) in [6, 6.07) is 0. The number of thiocarbonyl (C=S) groups is 1. The van der Waals surface area contributed by atoms with Gasteiger partial charge in [0.15, 0.2) is 5.82 Å². The highest BCUT2D eigenvalue weighted by Crippen LogP contribution is 2.03. The van der Waals surface area contributed by atoms with Crippen LogP contribution in [0.4, 0.5) is 0 Å². The number of aliphatic hydroxyl groups excluding tert-OH is 1. The van der Waals surface area contributed by atoms with Crippen molar-refractivity contribution < 1.29 is 5.11 Å². The van der Waals surface area contributed by atoms with Crippen molar-refractivity contribution in [1.29, 1.82) is 0 Å². The highest BCUT2D eigenvalue weighted by atomic mass is 32.1. The molecule has 0 saturated carbocycles. The van der Waals surface area contributed by atoms with E-state index in [-0.39, 0.29) is 6.61 Å². The molecule has 0 aliphatic rings. The van der Waals surface area contributed by atoms with Crippen molar-refractivity contribution in [2.75, 3.05) is 20.2 Å². The second kappa shape index (κ2) is 6.49. The van der Waals surface area contributed by atoms with Crippen LogP contribution in [0.1, 0.15) is 18.7 Å². The van der Waals surface area contributed by atoms with Gasteiger partial charge in [0.05, 0.1) is 11.6 Å². The Morgan fingerprint density at radius 3 is 2.88 bits per heavy atom. The first-order valence-electron chi connectivity index (χ1n) is 5.21. The second-order valence-electron chi connectivity index (χ2n) is 3.61. The molecule has 1 aromatic rings. The molecule has 0 aromatic carbocycles. The van der Waals surface area contributed by atoms with Crippen LogP contribution in [0.3, 0.4) is 0 Å². The summed E-state index contributed by atoms with van der Waals surface area (Å²) in [5, 5.41) is 20.0. The third-order valence-corrected chi connectivity index (χ3v) is 2.88. The van der Waals surface area contributed by atoms with E-state index in [4.69, 9.17) is 17.3 Å². The van der Waals surface area contributed by atoms with Crippen LogP contribution in [0.15, 0.2) is 0 Å². The van der Waals surface area contributed by atoms with Gasteiger partial charge >= 0.3 is 0 Å². The van der Waals surface area contributed by atoms with Crippen LogP contribution in [-0.2, 0) is 13.5 Å². The fraction of sp³-hybridized carbons (Fsp3) is 0.778. The fourth-order valence-corrected chi connectivity index (χ4v) is 1.56. The van der Waals surface area contributed by atoms with Gasteiger partial charge in [0.25, 0.3) is 0 Å². The molecule has 1 aromatic heterocycles. The van der Waals surface area contributed by atoms with Gasteiger partial charge in [-0.05, 0) is 23.3 Å². The van der Waals surface area contributed by atoms with Crippen LogP contribution in [0.25, 0.3) is 0 Å². The number of hydrogen-bond acceptors (Lipinski definition) is 5. The molecule has 0 aliphatic heterocycles. The lowest BCUT2D eigenvalue weighted by Crippen LogP contribution is -2.27. The van der Waals surface area contributed by atoms with Crippen molar-refractivity contribution in [2.24, 2.45) is 7.05 Å². The Kier molecular flexibility index (Phi) is 5.27. The Morgan fingerprint density at radius 1 is 1.56 bits per heavy atom. The third kappa shape index (κ3) is 3.82. The molecule has 0 bridgehead atoms. The third-order valence-electron chi connectivity index (χ3n) is 2.36. The van der Waals surface area contributed by atoms with E-state index in [1.165, 1.54) is 0 Å². The standard InChI is InChI=1S/C9H17N5OS/c1-13(6-7-15)9(16)5-3-4-8-10-11-12-14(8)2/h15H,3-7H2,1-2H3. The Bertz CT molecular complexity index is 340. The van der Waals surface area contributed by atoms with Gasteiger partial charge in [0, 0.05) is 27.1 Å². The molecule has 1 rings (SSSR count). The fourth-order valence-electron chi connectivity index (χ4n) is 1.32. The van der Waals surface area contributed by atoms with Gasteiger partial charge in [-0.25, -0.2) is 4.68 Å². The Hall–Kier alpha value is -1.08. The summed E-state index contributed by atoms with van der Waals surface area (Å²) < 4.78 is 1.67. The zero-order chi connectivity index (χ0) is 12.0. The molecule has 0 radical (unpaired) electrons. The van der Waals surface area contributed by atoms with E-state index >= 15 is 0 Å². The summed E-state index contributed by atoms with van der Waals surface area (Å²) >= 11 is 5.23. The van der Waals surface area contributed by atoms with E-state index in [9.17, 15) is 0 Å². The minimum absolute atomic E-state index is 0.129. The maximum atomic E-state index is 8.77. The molecule has 0 aliphatic carbocycles. The summed E-state index contributed by atoms with van der Waals surface area (Å²) in [5.74, 6) is 0.868. The maximum absolute atomic E-state index is 8.77. The van der Waals surface area contributed by atoms with E-state index < -0.39 is 0 Å². The summed E-state index contributed by atoms with van der Waals surface area (Å²) in [6.07, 6.45) is 2.55. The Labute approximate surface area is 100 Å². The maximum Gasteiger partial charge on any atom is 0.150 e. The number of tetrazole rings is 1. The van der Waals surface area contributed by atoms with Gasteiger partial charge in [0.2, 0.25) is 0 Å². The number of aromatic nitrogens is 4. The number of hydrogen-bond donors (Lipinski definition) is 1. The van der Waals surface area contributed by atoms with E-state index in [1.54, 1.807) is 4.68 Å². The molecule has 7 heteroatoms. The lowest BCUT2D eigenvalue weighted by molar-refractivity contribution is 0.263. The number of aliphatic hydroxyl groups is 1. The van der Waals surface area contributed by atoms with Gasteiger partial charge in [-0.3, -0.25) is 0 Å². The molecule has 90 valence electrons. The van der Waals surface area contributed by atoms with Crippen LogP contribution in [-0.4, -0.2) is 55.4 Å². The number of rotatable bonds is 6. The van der Waals surface area contributed by atoms with Crippen molar-refractivity contribution >= 4 is 17.2 Å². The quantitative estimate of drug-likeness (QED) is 0.697. The van der Waals surface area contributed by atoms with E-state index in [1.807, 2.05) is 19.0 Å². The average Bonchev–Trinajstić information content (AvgIpc) is 2.65. The first-order valence-corrected chi connectivity index (χ1v) is 5.62. The van der Waals surface area contributed by atoms with Crippen molar-refractivity contribution in [3.05, 3.63) is 5.82 Å². The average molecular weight is 243 g/mol. The Morgan fingerprint density at radius 2 is 2.31 bits per heavy atom. The minimum Gasteiger partial charge on any atom is -0.395 e. The zero-order valence-corrected chi connectivity index (χ0v) is 10.4. The van der Waals surface area contributed by atoms with Gasteiger partial charge in [-0.15, -0.1) is 5.10 Å². The molecular formula is C9H17N5OS. The molecule has 0 unspecified atom stereocenters. The molecule has 0 spiro atoms. The monoisotopic (exact) mass is 243 g/mol. The number of aryl methyl sites for hydroxylation is 2. The van der Waals surface area contributed by atoms with Crippen LogP contribution in [0.2, 0.25) is 0 Å². The summed E-state index contributed by atoms with van der Waals surface area (Å²) in [6.45, 7) is 0.716. The molecule has 1 heterocycles. The summed E-state index contributed by atoms with van der Waals surface area (Å²) in [5.41, 5.74) is 0. The highest BCUT2D eigenvalue weighted by molar-refractivity contribution is 7.80. The van der Waals surface area contributed by atoms with Gasteiger partial charge in [0.1, 0.15) is 0 Å². The van der Waals surface area contributed by atoms with E-state index in [2.05, 4.69) is 15.5 Å². The van der Waals surface area contributed by atoms with Crippen LogP contribution in [0.5, 0.6) is 0 Å². The molecule has 0 atom stereocenters. The largest absolute Gasteiger partial charge is 0.395 e. The number of likely N-dealkylation sites (N-methyl/N-ethyl adjacent to an activating group) is 1. The lowest BCUT2D eigenvalue weighted by atomic mass is 10.2. The topological polar surface area (TPSA) is 67.1 Å². The van der Waals surface area contributed by atoms with Crippen molar-refractivity contribution in [3.8, 4) is 0 Å². The summed E-state index contributed by atoms with van der Waals surface area (Å²) in [4.78, 5) is 2.76. The highest BCUT2D eigenvalue weighted by Gasteiger charge is 2.06.